The fraction of sp³-hybridized carbons (Fsp3) is 0.556. The minimum Gasteiger partial charge on any atom is -0.491 e. The Bertz CT molecular complexity index is 1510. The summed E-state index contributed by atoms with van der Waals surface area (Å²) in [6.07, 6.45) is 0.568. The summed E-state index contributed by atoms with van der Waals surface area (Å²) in [4.78, 5) is 21.8. The van der Waals surface area contributed by atoms with Crippen molar-refractivity contribution in [2.24, 2.45) is 5.73 Å². The van der Waals surface area contributed by atoms with Gasteiger partial charge in [0.05, 0.1) is 20.1 Å². The molecule has 0 aliphatic carbocycles. The number of hydrogen-bond donors (Lipinski definition) is 7. The third-order valence-electron chi connectivity index (χ3n) is 8.20. The minimum atomic E-state index is -0.548. The van der Waals surface area contributed by atoms with Crippen molar-refractivity contribution in [2.75, 3.05) is 60.3 Å². The van der Waals surface area contributed by atoms with Crippen LogP contribution in [0.25, 0.3) is 0 Å². The molecule has 1 amide bonds. The van der Waals surface area contributed by atoms with E-state index >= 15 is 0 Å². The summed E-state index contributed by atoms with van der Waals surface area (Å²) in [6, 6.07) is 23.6. The Kier molecular flexibility index (Phi) is 28.3. The van der Waals surface area contributed by atoms with Gasteiger partial charge < -0.3 is 60.7 Å². The number of aliphatic hydroxyl groups is 3. The number of nitrogens with one attached hydrogen (secondary N) is 3. The third-order valence-corrected chi connectivity index (χ3v) is 8.20. The summed E-state index contributed by atoms with van der Waals surface area (Å²) in [5.41, 5.74) is 8.23. The van der Waals surface area contributed by atoms with Crippen molar-refractivity contribution >= 4 is 11.9 Å². The van der Waals surface area contributed by atoms with Crippen molar-refractivity contribution in [2.45, 2.75) is 104 Å². The van der Waals surface area contributed by atoms with Gasteiger partial charge in [-0.25, -0.2) is 0 Å². The van der Waals surface area contributed by atoms with Gasteiger partial charge in [-0.15, -0.1) is 0 Å². The molecule has 0 saturated carbocycles. The lowest BCUT2D eigenvalue weighted by atomic mass is 10.1. The average Bonchev–Trinajstić information content (AvgIpc) is 3.21. The highest BCUT2D eigenvalue weighted by atomic mass is 16.5. The molecule has 59 heavy (non-hydrogen) atoms. The number of aliphatic hydroxyl groups excluding tert-OH is 3. The largest absolute Gasteiger partial charge is 0.491 e. The molecule has 0 aliphatic rings. The molecule has 3 atom stereocenters. The highest BCUT2D eigenvalue weighted by Crippen LogP contribution is 2.15. The van der Waals surface area contributed by atoms with Gasteiger partial charge >= 0.3 is 5.97 Å². The van der Waals surface area contributed by atoms with Crippen molar-refractivity contribution in [3.63, 3.8) is 0 Å². The summed E-state index contributed by atoms with van der Waals surface area (Å²) in [5.74, 6) is 1.59. The lowest BCUT2D eigenvalue weighted by molar-refractivity contribution is -0.140. The molecule has 3 unspecified atom stereocenters. The molecule has 0 fully saturated rings. The van der Waals surface area contributed by atoms with Crippen LogP contribution in [0.15, 0.2) is 72.8 Å². The van der Waals surface area contributed by atoms with Crippen LogP contribution in [0.4, 0.5) is 0 Å². The van der Waals surface area contributed by atoms with Crippen LogP contribution >= 0.6 is 0 Å². The molecule has 8 N–H and O–H groups in total. The van der Waals surface area contributed by atoms with Crippen molar-refractivity contribution in [1.29, 1.82) is 0 Å². The maximum atomic E-state index is 11.1. The van der Waals surface area contributed by atoms with E-state index in [1.165, 1.54) is 12.7 Å². The Labute approximate surface area is 352 Å². The number of primary amides is 1. The Hall–Kier alpha value is -4.28. The predicted molar refractivity (Wildman–Crippen MR) is 232 cm³/mol. The molecule has 0 bridgehead atoms. The first-order valence-corrected chi connectivity index (χ1v) is 20.3. The first kappa shape index (κ1) is 52.7. The van der Waals surface area contributed by atoms with E-state index in [2.05, 4.69) is 20.7 Å². The topological polar surface area (TPSA) is 203 Å². The van der Waals surface area contributed by atoms with Crippen LogP contribution in [0.3, 0.4) is 0 Å². The van der Waals surface area contributed by atoms with Gasteiger partial charge in [-0.1, -0.05) is 77.9 Å². The molecule has 14 heteroatoms. The van der Waals surface area contributed by atoms with Gasteiger partial charge in [0.15, 0.2) is 0 Å². The number of nitrogens with two attached hydrogens (primary N) is 1. The Morgan fingerprint density at radius 2 is 0.898 bits per heavy atom. The molecular weight excluding hydrogens is 757 g/mol. The van der Waals surface area contributed by atoms with Crippen LogP contribution in [-0.4, -0.2) is 124 Å². The van der Waals surface area contributed by atoms with E-state index in [1.54, 1.807) is 31.4 Å². The number of hydrogen-bond acceptors (Lipinski definition) is 13. The van der Waals surface area contributed by atoms with Crippen molar-refractivity contribution in [3.05, 3.63) is 89.5 Å². The van der Waals surface area contributed by atoms with Crippen LogP contribution in [0.2, 0.25) is 0 Å². The number of esters is 1. The third kappa shape index (κ3) is 28.7. The Balaban J connectivity index is 0.000000443. The SMILES string of the molecule is CC(C)NCC(O)COc1ccc(CC(N)=O)cc1.COC(=O)CCc1ccc(OCC(O)CNC(C)C)cc1.COCCc1ccc(OCC(O)CNC(C)C)cc1. The molecule has 14 nitrogen and oxygen atoms in total. The van der Waals surface area contributed by atoms with Gasteiger partial charge in [0.1, 0.15) is 55.4 Å². The molecular formula is C45H72N4O10. The Morgan fingerprint density at radius 1 is 0.559 bits per heavy atom. The van der Waals surface area contributed by atoms with E-state index < -0.39 is 18.3 Å². The smallest absolute Gasteiger partial charge is 0.305 e. The summed E-state index contributed by atoms with van der Waals surface area (Å²) in [6.45, 7) is 15.2. The molecule has 3 aromatic rings. The van der Waals surface area contributed by atoms with E-state index in [0.29, 0.717) is 68.7 Å². The maximum absolute atomic E-state index is 11.1. The number of amides is 1. The number of aryl methyl sites for hydroxylation is 1. The van der Waals surface area contributed by atoms with Crippen LogP contribution in [0.1, 0.15) is 64.7 Å². The highest BCUT2D eigenvalue weighted by Gasteiger charge is 2.09. The van der Waals surface area contributed by atoms with Gasteiger partial charge in [0.25, 0.3) is 0 Å². The van der Waals surface area contributed by atoms with Gasteiger partial charge in [-0.05, 0) is 65.9 Å². The number of carbonyl (C=O) groups excluding carboxylic acids is 2. The quantitative estimate of drug-likeness (QED) is 0.0580. The molecule has 0 radical (unpaired) electrons. The fourth-order valence-corrected chi connectivity index (χ4v) is 4.85. The molecule has 3 aromatic carbocycles. The predicted octanol–water partition coefficient (Wildman–Crippen LogP) is 3.60. The molecule has 0 spiro atoms. The molecule has 3 rings (SSSR count). The van der Waals surface area contributed by atoms with E-state index in [9.17, 15) is 24.9 Å². The van der Waals surface area contributed by atoms with Crippen LogP contribution in [-0.2, 0) is 38.3 Å². The highest BCUT2D eigenvalue weighted by molar-refractivity contribution is 5.76. The van der Waals surface area contributed by atoms with Gasteiger partial charge in [0.2, 0.25) is 5.91 Å². The van der Waals surface area contributed by atoms with Crippen molar-refractivity contribution < 1.29 is 48.6 Å². The van der Waals surface area contributed by atoms with Crippen LogP contribution < -0.4 is 35.9 Å². The second-order valence-corrected chi connectivity index (χ2v) is 15.0. The van der Waals surface area contributed by atoms with Crippen molar-refractivity contribution in [3.8, 4) is 17.2 Å². The van der Waals surface area contributed by atoms with E-state index in [0.717, 1.165) is 29.9 Å². The number of rotatable bonds is 26. The zero-order valence-electron chi connectivity index (χ0n) is 36.4. The zero-order chi connectivity index (χ0) is 44.0. The first-order chi connectivity index (χ1) is 28.1. The standard InChI is InChI=1S/C16H25NO4.C15H25NO3.C14H22N2O3/c1-12(2)17-10-14(18)11-21-15-7-4-13(5-8-15)6-9-16(19)20-3;1-12(2)16-10-14(17)11-19-15-6-4-13(5-7-15)8-9-18-3;1-10(2)16-8-12(17)9-19-13-5-3-11(4-6-13)7-14(15)18/h4-5,7-8,12,14,17-18H,6,9-11H2,1-3H3;4-7,12,14,16-17H,8-11H2,1-3H3;3-6,10,12,16-17H,7-9H2,1-2H3,(H2,15,18). The normalized spacial score (nSPS) is 12.4. The number of methoxy groups -OCH3 is 2. The summed E-state index contributed by atoms with van der Waals surface area (Å²) >= 11 is 0. The van der Waals surface area contributed by atoms with E-state index in [4.69, 9.17) is 24.7 Å². The molecule has 0 saturated heterocycles. The fourth-order valence-electron chi connectivity index (χ4n) is 4.85. The molecule has 332 valence electrons. The molecule has 0 heterocycles. The number of benzene rings is 3. The van der Waals surface area contributed by atoms with Gasteiger partial charge in [-0.3, -0.25) is 9.59 Å². The lowest BCUT2D eigenvalue weighted by Crippen LogP contribution is -2.35. The minimum absolute atomic E-state index is 0.212. The van der Waals surface area contributed by atoms with Gasteiger partial charge in [0, 0.05) is 51.3 Å². The monoisotopic (exact) mass is 829 g/mol. The van der Waals surface area contributed by atoms with E-state index in [1.807, 2.05) is 90.1 Å². The van der Waals surface area contributed by atoms with Crippen molar-refractivity contribution in [1.82, 2.24) is 16.0 Å². The summed E-state index contributed by atoms with van der Waals surface area (Å²) in [5, 5.41) is 38.6. The number of ether oxygens (including phenoxy) is 5. The first-order valence-electron chi connectivity index (χ1n) is 20.3. The second-order valence-electron chi connectivity index (χ2n) is 15.0. The van der Waals surface area contributed by atoms with Crippen LogP contribution in [0.5, 0.6) is 17.2 Å². The number of carbonyl (C=O) groups is 2. The van der Waals surface area contributed by atoms with Crippen LogP contribution in [0, 0.1) is 0 Å². The maximum Gasteiger partial charge on any atom is 0.305 e. The molecule has 0 aliphatic heterocycles. The molecule has 0 aromatic heterocycles. The second kappa shape index (κ2) is 31.6. The zero-order valence-corrected chi connectivity index (χ0v) is 36.4. The lowest BCUT2D eigenvalue weighted by Gasteiger charge is -2.15. The summed E-state index contributed by atoms with van der Waals surface area (Å²) < 4.78 is 26.1. The summed E-state index contributed by atoms with van der Waals surface area (Å²) in [7, 11) is 3.09. The van der Waals surface area contributed by atoms with E-state index in [-0.39, 0.29) is 31.5 Å². The van der Waals surface area contributed by atoms with Gasteiger partial charge in [-0.2, -0.15) is 0 Å². The average molecular weight is 829 g/mol. The Morgan fingerprint density at radius 3 is 1.20 bits per heavy atom.